The molecule has 1 aromatic heterocycles. The molecule has 1 aliphatic heterocycles. The van der Waals surface area contributed by atoms with Crippen LogP contribution in [0, 0.1) is 19.8 Å². The van der Waals surface area contributed by atoms with Gasteiger partial charge in [-0.25, -0.2) is 0 Å². The molecule has 2 aromatic rings. The minimum atomic E-state index is -0.429. The number of amides is 1. The molecule has 0 fully saturated rings. The summed E-state index contributed by atoms with van der Waals surface area (Å²) in [5, 5.41) is 7.37. The van der Waals surface area contributed by atoms with Gasteiger partial charge in [0, 0.05) is 18.8 Å². The lowest BCUT2D eigenvalue weighted by molar-refractivity contribution is 0.0998. The van der Waals surface area contributed by atoms with E-state index < -0.39 is 5.91 Å². The minimum absolute atomic E-state index is 0.321. The highest BCUT2D eigenvalue weighted by Crippen LogP contribution is 2.23. The van der Waals surface area contributed by atoms with Crippen LogP contribution in [0.3, 0.4) is 0 Å². The van der Waals surface area contributed by atoms with Crippen LogP contribution >= 0.6 is 0 Å². The number of primary amides is 1. The molecule has 3 rings (SSSR count). The van der Waals surface area contributed by atoms with E-state index in [2.05, 4.69) is 21.5 Å². The van der Waals surface area contributed by atoms with Crippen molar-refractivity contribution in [2.45, 2.75) is 33.2 Å². The SMILES string of the molecule is Cc1cc(C)cc(NC(N)=NCC2CCn3ncc(C(N)=O)c3C2)c1. The van der Waals surface area contributed by atoms with Gasteiger partial charge in [-0.05, 0) is 55.9 Å². The number of rotatable bonds is 4. The summed E-state index contributed by atoms with van der Waals surface area (Å²) in [7, 11) is 0. The van der Waals surface area contributed by atoms with Crippen LogP contribution < -0.4 is 16.8 Å². The van der Waals surface area contributed by atoms with Crippen LogP contribution in [0.4, 0.5) is 5.69 Å². The third-order valence-electron chi connectivity index (χ3n) is 4.46. The first-order chi connectivity index (χ1) is 11.9. The lowest BCUT2D eigenvalue weighted by atomic mass is 9.94. The third kappa shape index (κ3) is 3.99. The molecule has 5 N–H and O–H groups in total. The number of carbonyl (C=O) groups is 1. The number of nitrogens with zero attached hydrogens (tertiary/aromatic N) is 3. The molecular formula is C18H24N6O. The van der Waals surface area contributed by atoms with E-state index in [1.165, 1.54) is 11.1 Å². The van der Waals surface area contributed by atoms with Gasteiger partial charge in [0.15, 0.2) is 5.96 Å². The Balaban J connectivity index is 1.63. The number of aliphatic imine (C=N–C) groups is 1. The van der Waals surface area contributed by atoms with Crippen molar-refractivity contribution in [1.82, 2.24) is 9.78 Å². The quantitative estimate of drug-likeness (QED) is 0.579. The summed E-state index contributed by atoms with van der Waals surface area (Å²) in [6.45, 7) is 5.47. The summed E-state index contributed by atoms with van der Waals surface area (Å²) in [6.07, 6.45) is 3.24. The molecular weight excluding hydrogens is 316 g/mol. The summed E-state index contributed by atoms with van der Waals surface area (Å²) in [6, 6.07) is 6.18. The van der Waals surface area contributed by atoms with E-state index in [0.717, 1.165) is 30.8 Å². The van der Waals surface area contributed by atoms with E-state index in [-0.39, 0.29) is 0 Å². The number of carbonyl (C=O) groups excluding carboxylic acids is 1. The number of aryl methyl sites for hydroxylation is 3. The second kappa shape index (κ2) is 6.96. The highest BCUT2D eigenvalue weighted by Gasteiger charge is 2.24. The zero-order valence-electron chi connectivity index (χ0n) is 14.6. The van der Waals surface area contributed by atoms with Crippen LogP contribution in [0.2, 0.25) is 0 Å². The normalized spacial score (nSPS) is 17.2. The van der Waals surface area contributed by atoms with Gasteiger partial charge < -0.3 is 16.8 Å². The van der Waals surface area contributed by atoms with Crippen molar-refractivity contribution < 1.29 is 4.79 Å². The van der Waals surface area contributed by atoms with Gasteiger partial charge in [0.05, 0.1) is 17.5 Å². The summed E-state index contributed by atoms with van der Waals surface area (Å²) in [4.78, 5) is 15.9. The summed E-state index contributed by atoms with van der Waals surface area (Å²) >= 11 is 0. The molecule has 1 aromatic carbocycles. The van der Waals surface area contributed by atoms with Crippen molar-refractivity contribution in [3.63, 3.8) is 0 Å². The van der Waals surface area contributed by atoms with E-state index in [4.69, 9.17) is 11.5 Å². The molecule has 0 bridgehead atoms. The van der Waals surface area contributed by atoms with Crippen LogP contribution in [0.25, 0.3) is 0 Å². The molecule has 1 atom stereocenters. The Bertz CT molecular complexity index is 803. The second-order valence-corrected chi connectivity index (χ2v) is 6.68. The van der Waals surface area contributed by atoms with Crippen molar-refractivity contribution in [3.8, 4) is 0 Å². The number of nitrogens with two attached hydrogens (primary N) is 2. The fourth-order valence-electron chi connectivity index (χ4n) is 3.32. The molecule has 7 nitrogen and oxygen atoms in total. The van der Waals surface area contributed by atoms with Crippen LogP contribution in [0.15, 0.2) is 29.4 Å². The maximum absolute atomic E-state index is 11.5. The summed E-state index contributed by atoms with van der Waals surface area (Å²) < 4.78 is 1.86. The molecule has 1 aliphatic rings. The fraction of sp³-hybridized carbons (Fsp3) is 0.389. The van der Waals surface area contributed by atoms with E-state index in [1.807, 2.05) is 30.7 Å². The first-order valence-corrected chi connectivity index (χ1v) is 8.42. The average Bonchev–Trinajstić information content (AvgIpc) is 2.95. The highest BCUT2D eigenvalue weighted by atomic mass is 16.1. The standard InChI is InChI=1S/C18H24N6O/c1-11-5-12(2)7-14(6-11)23-18(20)21-9-13-3-4-24-16(8-13)15(10-22-24)17(19)25/h5-7,10,13H,3-4,8-9H2,1-2H3,(H2,19,25)(H3,20,21,23). The van der Waals surface area contributed by atoms with Crippen LogP contribution in [0.1, 0.15) is 33.6 Å². The molecule has 0 aliphatic carbocycles. The average molecular weight is 340 g/mol. The zero-order chi connectivity index (χ0) is 18.0. The van der Waals surface area contributed by atoms with Gasteiger partial charge in [0.25, 0.3) is 5.91 Å². The lowest BCUT2D eigenvalue weighted by Gasteiger charge is -2.22. The van der Waals surface area contributed by atoms with Crippen molar-refractivity contribution in [3.05, 3.63) is 46.8 Å². The molecule has 132 valence electrons. The summed E-state index contributed by atoms with van der Waals surface area (Å²) in [5.41, 5.74) is 16.1. The molecule has 0 spiro atoms. The second-order valence-electron chi connectivity index (χ2n) is 6.68. The maximum Gasteiger partial charge on any atom is 0.252 e. The van der Waals surface area contributed by atoms with Gasteiger partial charge in [0.1, 0.15) is 0 Å². The Morgan fingerprint density at radius 2 is 2.04 bits per heavy atom. The number of hydrogen-bond acceptors (Lipinski definition) is 3. The Morgan fingerprint density at radius 3 is 2.72 bits per heavy atom. The monoisotopic (exact) mass is 340 g/mol. The first-order valence-electron chi connectivity index (χ1n) is 8.42. The van der Waals surface area contributed by atoms with Crippen molar-refractivity contribution in [1.29, 1.82) is 0 Å². The Labute approximate surface area is 147 Å². The fourth-order valence-corrected chi connectivity index (χ4v) is 3.32. The number of benzene rings is 1. The molecule has 25 heavy (non-hydrogen) atoms. The molecule has 7 heteroatoms. The first kappa shape index (κ1) is 17.0. The molecule has 0 saturated heterocycles. The van der Waals surface area contributed by atoms with Gasteiger partial charge in [-0.1, -0.05) is 6.07 Å². The van der Waals surface area contributed by atoms with E-state index >= 15 is 0 Å². The Morgan fingerprint density at radius 1 is 1.32 bits per heavy atom. The molecule has 2 heterocycles. The van der Waals surface area contributed by atoms with E-state index in [0.29, 0.717) is 24.0 Å². The number of fused-ring (bicyclic) bond motifs is 1. The molecule has 0 saturated carbocycles. The van der Waals surface area contributed by atoms with Gasteiger partial charge >= 0.3 is 0 Å². The van der Waals surface area contributed by atoms with Crippen molar-refractivity contribution in [2.24, 2.45) is 22.4 Å². The Kier molecular flexibility index (Phi) is 4.74. The van der Waals surface area contributed by atoms with Crippen LogP contribution in [-0.4, -0.2) is 28.2 Å². The van der Waals surface area contributed by atoms with E-state index in [9.17, 15) is 4.79 Å². The van der Waals surface area contributed by atoms with Gasteiger partial charge in [-0.3, -0.25) is 14.5 Å². The van der Waals surface area contributed by atoms with Gasteiger partial charge in [-0.2, -0.15) is 5.10 Å². The van der Waals surface area contributed by atoms with Crippen molar-refractivity contribution in [2.75, 3.05) is 11.9 Å². The number of nitrogens with one attached hydrogen (secondary N) is 1. The maximum atomic E-state index is 11.5. The smallest absolute Gasteiger partial charge is 0.252 e. The topological polar surface area (TPSA) is 111 Å². The number of hydrogen-bond donors (Lipinski definition) is 3. The minimum Gasteiger partial charge on any atom is -0.370 e. The third-order valence-corrected chi connectivity index (χ3v) is 4.46. The van der Waals surface area contributed by atoms with Crippen molar-refractivity contribution >= 4 is 17.6 Å². The Hall–Kier alpha value is -2.83. The predicted molar refractivity (Wildman–Crippen MR) is 98.6 cm³/mol. The zero-order valence-corrected chi connectivity index (χ0v) is 14.6. The van der Waals surface area contributed by atoms with Crippen LogP contribution in [0.5, 0.6) is 0 Å². The largest absolute Gasteiger partial charge is 0.370 e. The van der Waals surface area contributed by atoms with Crippen LogP contribution in [-0.2, 0) is 13.0 Å². The molecule has 1 unspecified atom stereocenters. The molecule has 1 amide bonds. The van der Waals surface area contributed by atoms with Gasteiger partial charge in [0.2, 0.25) is 0 Å². The number of anilines is 1. The lowest BCUT2D eigenvalue weighted by Crippen LogP contribution is -2.27. The number of aromatic nitrogens is 2. The highest BCUT2D eigenvalue weighted by molar-refractivity contribution is 5.94. The molecule has 0 radical (unpaired) electrons. The number of guanidine groups is 1. The summed E-state index contributed by atoms with van der Waals surface area (Å²) in [5.74, 6) is 0.294. The van der Waals surface area contributed by atoms with E-state index in [1.54, 1.807) is 6.20 Å². The predicted octanol–water partition coefficient (Wildman–Crippen LogP) is 1.59. The van der Waals surface area contributed by atoms with Gasteiger partial charge in [-0.15, -0.1) is 0 Å².